The Kier molecular flexibility index (Phi) is 3.53. The molecule has 3 heteroatoms. The minimum Gasteiger partial charge on any atom is -0.445 e. The topological polar surface area (TPSA) is 26.3 Å². The number of rotatable bonds is 4. The average molecular weight is 284 g/mol. The number of fused-ring (bicyclic) bond motifs is 1. The van der Waals surface area contributed by atoms with Crippen molar-refractivity contribution in [2.45, 2.75) is 12.5 Å². The van der Waals surface area contributed by atoms with Gasteiger partial charge in [-0.05, 0) is 11.8 Å². The first-order valence-corrected chi connectivity index (χ1v) is 7.89. The van der Waals surface area contributed by atoms with Gasteiger partial charge >= 0.3 is 5.97 Å². The molecule has 0 saturated heterocycles. The molecular weight excluding hydrogens is 268 g/mol. The maximum Gasteiger partial charge on any atom is 0.339 e. The lowest BCUT2D eigenvalue weighted by Crippen LogP contribution is -2.31. The molecule has 1 aliphatic rings. The van der Waals surface area contributed by atoms with Crippen LogP contribution in [0, 0.1) is 0 Å². The van der Waals surface area contributed by atoms with Crippen molar-refractivity contribution in [1.82, 2.24) is 0 Å². The van der Waals surface area contributed by atoms with Crippen LogP contribution in [0.15, 0.2) is 54.6 Å². The molecule has 1 heterocycles. The summed E-state index contributed by atoms with van der Waals surface area (Å²) in [6.07, 6.45) is 0. The number of esters is 1. The SMILES string of the molecule is CCSCC1(c2ccccc2)OC(=O)c2ccccc21. The van der Waals surface area contributed by atoms with Gasteiger partial charge in [-0.3, -0.25) is 0 Å². The molecule has 1 atom stereocenters. The molecule has 3 rings (SSSR count). The van der Waals surface area contributed by atoms with Gasteiger partial charge in [-0.2, -0.15) is 11.8 Å². The van der Waals surface area contributed by atoms with Crippen LogP contribution in [0.5, 0.6) is 0 Å². The Labute approximate surface area is 123 Å². The van der Waals surface area contributed by atoms with E-state index in [0.717, 1.165) is 22.6 Å². The smallest absolute Gasteiger partial charge is 0.339 e. The molecule has 2 aromatic rings. The number of carbonyl (C=O) groups is 1. The average Bonchev–Trinajstić information content (AvgIpc) is 2.80. The van der Waals surface area contributed by atoms with E-state index in [-0.39, 0.29) is 5.97 Å². The summed E-state index contributed by atoms with van der Waals surface area (Å²) >= 11 is 1.79. The second-order valence-electron chi connectivity index (χ2n) is 4.77. The van der Waals surface area contributed by atoms with Crippen LogP contribution in [0.25, 0.3) is 0 Å². The van der Waals surface area contributed by atoms with Crippen LogP contribution in [0.2, 0.25) is 0 Å². The lowest BCUT2D eigenvalue weighted by Gasteiger charge is -2.29. The zero-order valence-corrected chi connectivity index (χ0v) is 12.2. The maximum absolute atomic E-state index is 12.2. The van der Waals surface area contributed by atoms with Crippen LogP contribution < -0.4 is 0 Å². The van der Waals surface area contributed by atoms with Gasteiger partial charge in [0.15, 0.2) is 5.60 Å². The molecule has 2 nitrogen and oxygen atoms in total. The van der Waals surface area contributed by atoms with Crippen molar-refractivity contribution in [1.29, 1.82) is 0 Å². The van der Waals surface area contributed by atoms with Gasteiger partial charge in [0.25, 0.3) is 0 Å². The summed E-state index contributed by atoms with van der Waals surface area (Å²) in [4.78, 5) is 12.2. The molecule has 1 unspecified atom stereocenters. The zero-order valence-electron chi connectivity index (χ0n) is 11.3. The first-order valence-electron chi connectivity index (χ1n) is 6.74. The number of benzene rings is 2. The van der Waals surface area contributed by atoms with Crippen LogP contribution in [-0.4, -0.2) is 17.5 Å². The molecule has 0 amide bonds. The Morgan fingerprint density at radius 3 is 2.50 bits per heavy atom. The predicted octanol–water partition coefficient (Wildman–Crippen LogP) is 3.85. The summed E-state index contributed by atoms with van der Waals surface area (Å²) in [6.45, 7) is 2.12. The van der Waals surface area contributed by atoms with Gasteiger partial charge in [-0.15, -0.1) is 0 Å². The Hall–Kier alpha value is -1.74. The van der Waals surface area contributed by atoms with E-state index in [0.29, 0.717) is 5.56 Å². The zero-order chi connectivity index (χ0) is 14.0. The first kappa shape index (κ1) is 13.3. The first-order chi connectivity index (χ1) is 9.78. The molecule has 102 valence electrons. The van der Waals surface area contributed by atoms with E-state index >= 15 is 0 Å². The summed E-state index contributed by atoms with van der Waals surface area (Å²) in [6, 6.07) is 17.7. The molecule has 0 spiro atoms. The van der Waals surface area contributed by atoms with Gasteiger partial charge in [-0.25, -0.2) is 4.79 Å². The summed E-state index contributed by atoms with van der Waals surface area (Å²) in [7, 11) is 0. The molecule has 0 aromatic heterocycles. The predicted molar refractivity (Wildman–Crippen MR) is 82.1 cm³/mol. The highest BCUT2D eigenvalue weighted by Gasteiger charge is 2.46. The molecule has 1 aliphatic heterocycles. The number of hydrogen-bond acceptors (Lipinski definition) is 3. The van der Waals surface area contributed by atoms with E-state index in [9.17, 15) is 4.79 Å². The molecular formula is C17H16O2S. The quantitative estimate of drug-likeness (QED) is 0.798. The van der Waals surface area contributed by atoms with Gasteiger partial charge in [-0.1, -0.05) is 55.5 Å². The molecule has 0 saturated carbocycles. The van der Waals surface area contributed by atoms with E-state index in [1.54, 1.807) is 11.8 Å². The summed E-state index contributed by atoms with van der Waals surface area (Å²) in [5.74, 6) is 1.52. The third-order valence-electron chi connectivity index (χ3n) is 3.60. The van der Waals surface area contributed by atoms with Gasteiger partial charge in [0.1, 0.15) is 0 Å². The van der Waals surface area contributed by atoms with Gasteiger partial charge in [0.05, 0.1) is 5.56 Å². The van der Waals surface area contributed by atoms with Gasteiger partial charge in [0, 0.05) is 16.9 Å². The highest BCUT2D eigenvalue weighted by atomic mass is 32.2. The monoisotopic (exact) mass is 284 g/mol. The van der Waals surface area contributed by atoms with E-state index in [1.165, 1.54) is 0 Å². The van der Waals surface area contributed by atoms with Crippen LogP contribution in [0.3, 0.4) is 0 Å². The Bertz CT molecular complexity index is 624. The normalized spacial score (nSPS) is 20.6. The highest BCUT2D eigenvalue weighted by Crippen LogP contribution is 2.43. The number of cyclic esters (lactones) is 1. The van der Waals surface area contributed by atoms with E-state index < -0.39 is 5.60 Å². The largest absolute Gasteiger partial charge is 0.445 e. The van der Waals surface area contributed by atoms with Crippen LogP contribution >= 0.6 is 11.8 Å². The van der Waals surface area contributed by atoms with E-state index in [2.05, 4.69) is 6.92 Å². The third-order valence-corrected chi connectivity index (χ3v) is 4.62. The molecule has 0 N–H and O–H groups in total. The molecule has 20 heavy (non-hydrogen) atoms. The van der Waals surface area contributed by atoms with Crippen molar-refractivity contribution >= 4 is 17.7 Å². The van der Waals surface area contributed by atoms with Crippen LogP contribution in [-0.2, 0) is 10.3 Å². The summed E-state index contributed by atoms with van der Waals surface area (Å²) in [5.41, 5.74) is 2.07. The fourth-order valence-corrected chi connectivity index (χ4v) is 3.51. The highest BCUT2D eigenvalue weighted by molar-refractivity contribution is 7.99. The number of carbonyl (C=O) groups excluding carboxylic acids is 1. The number of ether oxygens (including phenoxy) is 1. The molecule has 2 aromatic carbocycles. The summed E-state index contributed by atoms with van der Waals surface area (Å²) < 4.78 is 5.85. The number of hydrogen-bond donors (Lipinski definition) is 0. The van der Waals surface area contributed by atoms with Crippen molar-refractivity contribution in [3.63, 3.8) is 0 Å². The Morgan fingerprint density at radius 1 is 1.05 bits per heavy atom. The van der Waals surface area contributed by atoms with Crippen molar-refractivity contribution < 1.29 is 9.53 Å². The molecule has 0 fully saturated rings. The van der Waals surface area contributed by atoms with Crippen molar-refractivity contribution in [2.75, 3.05) is 11.5 Å². The second-order valence-corrected chi connectivity index (χ2v) is 6.04. The summed E-state index contributed by atoms with van der Waals surface area (Å²) in [5, 5.41) is 0. The van der Waals surface area contributed by atoms with Crippen molar-refractivity contribution in [3.05, 3.63) is 71.3 Å². The van der Waals surface area contributed by atoms with Gasteiger partial charge < -0.3 is 4.74 Å². The maximum atomic E-state index is 12.2. The minimum atomic E-state index is -0.643. The third kappa shape index (κ3) is 2.02. The molecule has 0 aliphatic carbocycles. The fraction of sp³-hybridized carbons (Fsp3) is 0.235. The lowest BCUT2D eigenvalue weighted by molar-refractivity contribution is 0.0197. The minimum absolute atomic E-state index is 0.221. The van der Waals surface area contributed by atoms with E-state index in [4.69, 9.17) is 4.74 Å². The van der Waals surface area contributed by atoms with Crippen LogP contribution in [0.4, 0.5) is 0 Å². The van der Waals surface area contributed by atoms with Gasteiger partial charge in [0.2, 0.25) is 0 Å². The lowest BCUT2D eigenvalue weighted by atomic mass is 9.87. The number of thioether (sulfide) groups is 1. The second kappa shape index (κ2) is 5.33. The van der Waals surface area contributed by atoms with Crippen LogP contribution in [0.1, 0.15) is 28.4 Å². The Balaban J connectivity index is 2.16. The Morgan fingerprint density at radius 2 is 1.75 bits per heavy atom. The van der Waals surface area contributed by atoms with E-state index in [1.807, 2.05) is 54.6 Å². The fourth-order valence-electron chi connectivity index (χ4n) is 2.64. The van der Waals surface area contributed by atoms with Crippen molar-refractivity contribution in [2.24, 2.45) is 0 Å². The molecule has 0 radical (unpaired) electrons. The standard InChI is InChI=1S/C17H16O2S/c1-2-20-12-17(13-8-4-3-5-9-13)15-11-7-6-10-14(15)16(18)19-17/h3-11H,2,12H2,1H3. The molecule has 0 bridgehead atoms. The van der Waals surface area contributed by atoms with Crippen molar-refractivity contribution in [3.8, 4) is 0 Å².